The first-order valence-electron chi connectivity index (χ1n) is 10.4. The second-order valence-corrected chi connectivity index (χ2v) is 8.26. The van der Waals surface area contributed by atoms with Crippen molar-refractivity contribution in [1.29, 1.82) is 0 Å². The molecule has 3 rings (SSSR count). The molecule has 0 saturated carbocycles. The molecule has 28 heavy (non-hydrogen) atoms. The summed E-state index contributed by atoms with van der Waals surface area (Å²) in [6.07, 6.45) is 3.15. The summed E-state index contributed by atoms with van der Waals surface area (Å²) in [6.45, 7) is 11.2. The van der Waals surface area contributed by atoms with E-state index in [0.29, 0.717) is 29.3 Å². The van der Waals surface area contributed by atoms with Crippen molar-refractivity contribution in [2.45, 2.75) is 59.5 Å². The number of hydrogen-bond donors (Lipinski definition) is 1. The highest BCUT2D eigenvalue weighted by Crippen LogP contribution is 2.31. The molecule has 0 bridgehead atoms. The number of carbonyl (C=O) groups is 1. The fourth-order valence-electron chi connectivity index (χ4n) is 4.65. The van der Waals surface area contributed by atoms with Crippen LogP contribution in [0, 0.1) is 11.8 Å². The van der Waals surface area contributed by atoms with Gasteiger partial charge in [-0.2, -0.15) is 0 Å². The normalized spacial score (nSPS) is 21.7. The van der Waals surface area contributed by atoms with Crippen molar-refractivity contribution in [2.75, 3.05) is 13.1 Å². The molecular formula is C22H31N3O3. The lowest BCUT2D eigenvalue weighted by molar-refractivity contribution is 0.0697. The zero-order valence-electron chi connectivity index (χ0n) is 17.3. The van der Waals surface area contributed by atoms with Crippen molar-refractivity contribution >= 4 is 16.9 Å². The maximum atomic E-state index is 13.1. The van der Waals surface area contributed by atoms with Crippen LogP contribution in [0.5, 0.6) is 0 Å². The Morgan fingerprint density at radius 3 is 2.50 bits per heavy atom. The van der Waals surface area contributed by atoms with Gasteiger partial charge >= 0.3 is 5.97 Å². The highest BCUT2D eigenvalue weighted by Gasteiger charge is 2.31. The lowest BCUT2D eigenvalue weighted by Gasteiger charge is -2.40. The lowest BCUT2D eigenvalue weighted by Crippen LogP contribution is -2.43. The predicted octanol–water partition coefficient (Wildman–Crippen LogP) is 3.93. The molecule has 3 atom stereocenters. The summed E-state index contributed by atoms with van der Waals surface area (Å²) in [6, 6.07) is 4.66. The molecule has 2 aromatic rings. The molecule has 1 aromatic carbocycles. The molecule has 6 nitrogen and oxygen atoms in total. The third-order valence-electron chi connectivity index (χ3n) is 5.75. The summed E-state index contributed by atoms with van der Waals surface area (Å²) in [5, 5.41) is 9.80. The monoisotopic (exact) mass is 385 g/mol. The number of likely N-dealkylation sites (tertiary alicyclic amines) is 1. The van der Waals surface area contributed by atoms with E-state index in [4.69, 9.17) is 4.98 Å². The molecule has 0 radical (unpaired) electrons. The minimum absolute atomic E-state index is 0.0701. The van der Waals surface area contributed by atoms with Gasteiger partial charge in [0.05, 0.1) is 22.5 Å². The molecule has 152 valence electrons. The van der Waals surface area contributed by atoms with Crippen molar-refractivity contribution in [3.05, 3.63) is 39.9 Å². The van der Waals surface area contributed by atoms with E-state index in [1.807, 2.05) is 6.92 Å². The summed E-state index contributed by atoms with van der Waals surface area (Å²) in [5.74, 6) is 0.993. The number of fused-ring (bicyclic) bond motifs is 1. The van der Waals surface area contributed by atoms with E-state index in [2.05, 4.69) is 25.7 Å². The molecule has 0 amide bonds. The minimum Gasteiger partial charge on any atom is -0.478 e. The van der Waals surface area contributed by atoms with Crippen molar-refractivity contribution in [2.24, 2.45) is 11.8 Å². The fourth-order valence-corrected chi connectivity index (χ4v) is 4.65. The molecule has 1 fully saturated rings. The molecule has 2 heterocycles. The maximum absolute atomic E-state index is 13.1. The Kier molecular flexibility index (Phi) is 6.18. The first kappa shape index (κ1) is 20.5. The van der Waals surface area contributed by atoms with Gasteiger partial charge in [-0.15, -0.1) is 0 Å². The van der Waals surface area contributed by atoms with Gasteiger partial charge in [0.1, 0.15) is 5.82 Å². The van der Waals surface area contributed by atoms with Gasteiger partial charge in [-0.25, -0.2) is 9.78 Å². The molecule has 1 aliphatic heterocycles. The Hall–Kier alpha value is -2.21. The summed E-state index contributed by atoms with van der Waals surface area (Å²) in [4.78, 5) is 31.8. The minimum atomic E-state index is -1.01. The number of aromatic nitrogens is 2. The average molecular weight is 386 g/mol. The molecule has 1 aromatic heterocycles. The number of carboxylic acid groups (broad SMARTS) is 1. The van der Waals surface area contributed by atoms with Gasteiger partial charge in [0.15, 0.2) is 0 Å². The van der Waals surface area contributed by atoms with Crippen LogP contribution in [0.15, 0.2) is 23.0 Å². The summed E-state index contributed by atoms with van der Waals surface area (Å²) >= 11 is 0. The summed E-state index contributed by atoms with van der Waals surface area (Å²) in [7, 11) is 0. The largest absolute Gasteiger partial charge is 0.478 e. The Morgan fingerprint density at radius 1 is 1.25 bits per heavy atom. The predicted molar refractivity (Wildman–Crippen MR) is 111 cm³/mol. The van der Waals surface area contributed by atoms with Crippen molar-refractivity contribution in [3.63, 3.8) is 0 Å². The zero-order valence-corrected chi connectivity index (χ0v) is 17.3. The molecular weight excluding hydrogens is 354 g/mol. The SMILES string of the molecule is CCCC(c1nc2cc(C(=O)O)ccc2c(=O)n1CC)N1C[C@H](C)C[C@H](C)C1. The van der Waals surface area contributed by atoms with Crippen LogP contribution in [-0.2, 0) is 6.54 Å². The van der Waals surface area contributed by atoms with Gasteiger partial charge in [0.25, 0.3) is 5.56 Å². The van der Waals surface area contributed by atoms with Crippen LogP contribution in [0.1, 0.15) is 69.2 Å². The smallest absolute Gasteiger partial charge is 0.335 e. The maximum Gasteiger partial charge on any atom is 0.335 e. The van der Waals surface area contributed by atoms with Crippen molar-refractivity contribution in [3.8, 4) is 0 Å². The van der Waals surface area contributed by atoms with E-state index in [-0.39, 0.29) is 17.2 Å². The third-order valence-corrected chi connectivity index (χ3v) is 5.75. The number of piperidine rings is 1. The molecule has 0 spiro atoms. The van der Waals surface area contributed by atoms with E-state index >= 15 is 0 Å². The molecule has 1 aliphatic rings. The molecule has 0 aliphatic carbocycles. The Bertz CT molecular complexity index is 911. The number of rotatable bonds is 6. The van der Waals surface area contributed by atoms with Crippen molar-refractivity contribution < 1.29 is 9.90 Å². The molecule has 1 saturated heterocycles. The highest BCUT2D eigenvalue weighted by molar-refractivity contribution is 5.92. The molecule has 6 heteroatoms. The number of aromatic carboxylic acids is 1. The second kappa shape index (κ2) is 8.43. The van der Waals surface area contributed by atoms with Gasteiger partial charge in [-0.3, -0.25) is 14.3 Å². The van der Waals surface area contributed by atoms with Crippen LogP contribution in [0.2, 0.25) is 0 Å². The Balaban J connectivity index is 2.16. The number of nitrogens with zero attached hydrogens (tertiary/aromatic N) is 3. The van der Waals surface area contributed by atoms with Crippen LogP contribution in [0.3, 0.4) is 0 Å². The van der Waals surface area contributed by atoms with Crippen LogP contribution < -0.4 is 5.56 Å². The third kappa shape index (κ3) is 3.97. The number of hydrogen-bond acceptors (Lipinski definition) is 4. The Morgan fingerprint density at radius 2 is 1.93 bits per heavy atom. The van der Waals surface area contributed by atoms with Gasteiger partial charge in [0, 0.05) is 19.6 Å². The van der Waals surface area contributed by atoms with Crippen LogP contribution in [0.25, 0.3) is 10.9 Å². The second-order valence-electron chi connectivity index (χ2n) is 8.26. The van der Waals surface area contributed by atoms with Crippen molar-refractivity contribution in [1.82, 2.24) is 14.5 Å². The zero-order chi connectivity index (χ0) is 20.4. The highest BCUT2D eigenvalue weighted by atomic mass is 16.4. The quantitative estimate of drug-likeness (QED) is 0.815. The van der Waals surface area contributed by atoms with Gasteiger partial charge < -0.3 is 5.11 Å². The van der Waals surface area contributed by atoms with Gasteiger partial charge in [-0.1, -0.05) is 27.2 Å². The lowest BCUT2D eigenvalue weighted by atomic mass is 9.90. The summed E-state index contributed by atoms with van der Waals surface area (Å²) < 4.78 is 1.77. The van der Waals surface area contributed by atoms with E-state index in [0.717, 1.165) is 31.8 Å². The number of benzene rings is 1. The number of carboxylic acids is 1. The van der Waals surface area contributed by atoms with E-state index < -0.39 is 5.97 Å². The van der Waals surface area contributed by atoms with Gasteiger partial charge in [0.2, 0.25) is 0 Å². The molecule has 1 unspecified atom stereocenters. The average Bonchev–Trinajstić information content (AvgIpc) is 2.64. The fraction of sp³-hybridized carbons (Fsp3) is 0.591. The van der Waals surface area contributed by atoms with E-state index in [9.17, 15) is 14.7 Å². The van der Waals surface area contributed by atoms with Gasteiger partial charge in [-0.05, 0) is 49.8 Å². The van der Waals surface area contributed by atoms with E-state index in [1.54, 1.807) is 10.6 Å². The standard InChI is InChI=1S/C22H31N3O3/c1-5-7-19(24-12-14(3)10-15(4)13-24)20-23-18-11-16(22(27)28)8-9-17(18)21(26)25(20)6-2/h8-9,11,14-15,19H,5-7,10,12-13H2,1-4H3,(H,27,28)/t14-,15+,19?. The first-order valence-corrected chi connectivity index (χ1v) is 10.4. The molecule has 1 N–H and O–H groups in total. The summed E-state index contributed by atoms with van der Waals surface area (Å²) in [5.41, 5.74) is 0.550. The first-order chi connectivity index (χ1) is 13.3. The van der Waals surface area contributed by atoms with Crippen LogP contribution >= 0.6 is 0 Å². The van der Waals surface area contributed by atoms with Crippen LogP contribution in [-0.4, -0.2) is 38.6 Å². The Labute approximate surface area is 166 Å². The van der Waals surface area contributed by atoms with Crippen LogP contribution in [0.4, 0.5) is 0 Å². The van der Waals surface area contributed by atoms with E-state index in [1.165, 1.54) is 18.6 Å². The topological polar surface area (TPSA) is 75.4 Å².